The van der Waals surface area contributed by atoms with Crippen molar-refractivity contribution in [3.8, 4) is 11.3 Å². The maximum absolute atomic E-state index is 12.7. The zero-order chi connectivity index (χ0) is 20.3. The number of nitrogens with zero attached hydrogens (tertiary/aromatic N) is 2. The van der Waals surface area contributed by atoms with Crippen molar-refractivity contribution in [1.82, 2.24) is 15.3 Å². The molecule has 1 unspecified atom stereocenters. The lowest BCUT2D eigenvalue weighted by Crippen LogP contribution is -2.23. The van der Waals surface area contributed by atoms with Gasteiger partial charge >= 0.3 is 0 Å². The average Bonchev–Trinajstić information content (AvgIpc) is 3.13. The summed E-state index contributed by atoms with van der Waals surface area (Å²) in [6, 6.07) is 19.0. The lowest BCUT2D eigenvalue weighted by molar-refractivity contribution is -0.119. The van der Waals surface area contributed by atoms with Crippen molar-refractivity contribution in [2.24, 2.45) is 0 Å². The van der Waals surface area contributed by atoms with Gasteiger partial charge in [-0.05, 0) is 12.1 Å². The lowest BCUT2D eigenvalue weighted by atomic mass is 10.1. The molecule has 3 aromatic rings. The van der Waals surface area contributed by atoms with Crippen molar-refractivity contribution in [2.45, 2.75) is 17.4 Å². The number of hydrogen-bond donors (Lipinski definition) is 3. The Kier molecular flexibility index (Phi) is 5.13. The van der Waals surface area contributed by atoms with E-state index in [0.717, 1.165) is 5.56 Å². The van der Waals surface area contributed by atoms with Crippen LogP contribution in [0, 0.1) is 0 Å². The summed E-state index contributed by atoms with van der Waals surface area (Å²) < 4.78 is 27.8. The highest BCUT2D eigenvalue weighted by molar-refractivity contribution is 7.92. The minimum atomic E-state index is -3.83. The van der Waals surface area contributed by atoms with Gasteiger partial charge in [0.25, 0.3) is 10.0 Å². The number of anilines is 2. The predicted molar refractivity (Wildman–Crippen MR) is 110 cm³/mol. The Bertz CT molecular complexity index is 1120. The number of carbonyl (C=O) groups excluding carboxylic acids is 1. The summed E-state index contributed by atoms with van der Waals surface area (Å²) in [6.07, 6.45) is 0.329. The van der Waals surface area contributed by atoms with Crippen molar-refractivity contribution < 1.29 is 13.2 Å². The van der Waals surface area contributed by atoms with Crippen molar-refractivity contribution in [1.29, 1.82) is 0 Å². The Hall–Kier alpha value is -3.46. The van der Waals surface area contributed by atoms with Crippen LogP contribution in [-0.2, 0) is 14.8 Å². The fraction of sp³-hybridized carbons (Fsp3) is 0.150. The summed E-state index contributed by atoms with van der Waals surface area (Å²) in [5.74, 6) is 0.353. The maximum atomic E-state index is 12.7. The first-order valence-corrected chi connectivity index (χ1v) is 10.5. The molecular weight excluding hydrogens is 390 g/mol. The van der Waals surface area contributed by atoms with E-state index in [0.29, 0.717) is 24.5 Å². The van der Waals surface area contributed by atoms with E-state index >= 15 is 0 Å². The first-order valence-electron chi connectivity index (χ1n) is 9.05. The fourth-order valence-electron chi connectivity index (χ4n) is 3.02. The van der Waals surface area contributed by atoms with Crippen molar-refractivity contribution in [2.75, 3.05) is 16.6 Å². The number of benzene rings is 2. The van der Waals surface area contributed by atoms with E-state index in [1.807, 2.05) is 30.3 Å². The number of sulfonamides is 1. The Balaban J connectivity index is 1.68. The number of aromatic nitrogens is 2. The fourth-order valence-corrected chi connectivity index (χ4v) is 3.98. The quantitative estimate of drug-likeness (QED) is 0.576. The van der Waals surface area contributed by atoms with Gasteiger partial charge in [-0.15, -0.1) is 0 Å². The Morgan fingerprint density at radius 3 is 2.31 bits per heavy atom. The SMILES string of the molecule is O=C1CC(Nc2cc(-c3ccccc3)nc(NS(=O)(=O)c3ccccc3)n2)CN1. The number of rotatable bonds is 6. The second kappa shape index (κ2) is 7.88. The molecule has 2 heterocycles. The van der Waals surface area contributed by atoms with Gasteiger partial charge in [0, 0.05) is 24.6 Å². The standard InChI is InChI=1S/C20H19N5O3S/c26-19-11-15(13-21-19)22-18-12-17(14-7-3-1-4-8-14)23-20(24-18)25-29(27,28)16-9-5-2-6-10-16/h1-10,12,15H,11,13H2,(H,21,26)(H2,22,23,24,25). The molecule has 1 saturated heterocycles. The van der Waals surface area contributed by atoms with E-state index in [1.54, 1.807) is 24.3 Å². The molecule has 0 saturated carbocycles. The summed E-state index contributed by atoms with van der Waals surface area (Å²) >= 11 is 0. The van der Waals surface area contributed by atoms with Crippen LogP contribution in [0.1, 0.15) is 6.42 Å². The number of carbonyl (C=O) groups is 1. The summed E-state index contributed by atoms with van der Waals surface area (Å²) in [5, 5.41) is 5.93. The number of hydrogen-bond acceptors (Lipinski definition) is 6. The van der Waals surface area contributed by atoms with E-state index in [-0.39, 0.29) is 22.8 Å². The largest absolute Gasteiger partial charge is 0.365 e. The third kappa shape index (κ3) is 4.52. The zero-order valence-electron chi connectivity index (χ0n) is 15.4. The van der Waals surface area contributed by atoms with Gasteiger partial charge in [-0.1, -0.05) is 48.5 Å². The minimum Gasteiger partial charge on any atom is -0.365 e. The number of nitrogens with one attached hydrogen (secondary N) is 3. The molecule has 1 amide bonds. The average molecular weight is 409 g/mol. The summed E-state index contributed by atoms with van der Waals surface area (Å²) in [6.45, 7) is 0.481. The molecule has 0 bridgehead atoms. The molecule has 1 fully saturated rings. The molecule has 8 nitrogen and oxygen atoms in total. The molecule has 9 heteroatoms. The van der Waals surface area contributed by atoms with Gasteiger partial charge < -0.3 is 10.6 Å². The topological polar surface area (TPSA) is 113 Å². The highest BCUT2D eigenvalue weighted by Crippen LogP contribution is 2.23. The Morgan fingerprint density at radius 2 is 1.66 bits per heavy atom. The zero-order valence-corrected chi connectivity index (χ0v) is 16.2. The second-order valence-electron chi connectivity index (χ2n) is 6.60. The van der Waals surface area contributed by atoms with Crippen LogP contribution < -0.4 is 15.4 Å². The van der Waals surface area contributed by atoms with E-state index in [4.69, 9.17) is 0 Å². The molecule has 1 aliphatic rings. The van der Waals surface area contributed by atoms with Gasteiger partial charge in [0.15, 0.2) is 0 Å². The van der Waals surface area contributed by atoms with Gasteiger partial charge in [-0.3, -0.25) is 4.79 Å². The van der Waals surface area contributed by atoms with Crippen LogP contribution in [0.4, 0.5) is 11.8 Å². The van der Waals surface area contributed by atoms with Crippen LogP contribution >= 0.6 is 0 Å². The van der Waals surface area contributed by atoms with Gasteiger partial charge in [0.1, 0.15) is 5.82 Å². The molecule has 148 valence electrons. The molecule has 3 N–H and O–H groups in total. The van der Waals surface area contributed by atoms with Crippen LogP contribution in [-0.4, -0.2) is 36.9 Å². The lowest BCUT2D eigenvalue weighted by Gasteiger charge is -2.14. The van der Waals surface area contributed by atoms with E-state index in [9.17, 15) is 13.2 Å². The van der Waals surface area contributed by atoms with Gasteiger partial charge in [0.05, 0.1) is 16.6 Å². The van der Waals surface area contributed by atoms with Crippen LogP contribution in [0.2, 0.25) is 0 Å². The summed E-state index contributed by atoms with van der Waals surface area (Å²) in [5.41, 5.74) is 1.38. The van der Waals surface area contributed by atoms with Crippen LogP contribution in [0.25, 0.3) is 11.3 Å². The minimum absolute atomic E-state index is 0.0372. The molecule has 29 heavy (non-hydrogen) atoms. The van der Waals surface area contributed by atoms with Crippen LogP contribution in [0.3, 0.4) is 0 Å². The summed E-state index contributed by atoms with van der Waals surface area (Å²) in [7, 11) is -3.83. The molecule has 2 aromatic carbocycles. The third-order valence-electron chi connectivity index (χ3n) is 4.40. The first-order chi connectivity index (χ1) is 14.0. The van der Waals surface area contributed by atoms with Crippen molar-refractivity contribution in [3.05, 3.63) is 66.7 Å². The van der Waals surface area contributed by atoms with Crippen LogP contribution in [0.15, 0.2) is 71.6 Å². The van der Waals surface area contributed by atoms with Crippen LogP contribution in [0.5, 0.6) is 0 Å². The molecule has 0 radical (unpaired) electrons. The molecule has 0 aliphatic carbocycles. The van der Waals surface area contributed by atoms with Gasteiger partial charge in [0.2, 0.25) is 11.9 Å². The first kappa shape index (κ1) is 18.9. The maximum Gasteiger partial charge on any atom is 0.264 e. The van der Waals surface area contributed by atoms with Gasteiger partial charge in [-0.25, -0.2) is 18.1 Å². The number of amides is 1. The molecule has 4 rings (SSSR count). The molecule has 1 aromatic heterocycles. The van der Waals surface area contributed by atoms with Crippen molar-refractivity contribution in [3.63, 3.8) is 0 Å². The Morgan fingerprint density at radius 1 is 0.966 bits per heavy atom. The molecule has 1 aliphatic heterocycles. The third-order valence-corrected chi connectivity index (χ3v) is 5.75. The molecule has 0 spiro atoms. The van der Waals surface area contributed by atoms with E-state index in [1.165, 1.54) is 12.1 Å². The molecular formula is C20H19N5O3S. The highest BCUT2D eigenvalue weighted by atomic mass is 32.2. The predicted octanol–water partition coefficient (Wildman–Crippen LogP) is 2.24. The smallest absolute Gasteiger partial charge is 0.264 e. The monoisotopic (exact) mass is 409 g/mol. The highest BCUT2D eigenvalue weighted by Gasteiger charge is 2.23. The van der Waals surface area contributed by atoms with Crippen molar-refractivity contribution >= 4 is 27.7 Å². The molecule has 1 atom stereocenters. The van der Waals surface area contributed by atoms with E-state index in [2.05, 4.69) is 25.3 Å². The second-order valence-corrected chi connectivity index (χ2v) is 8.28. The normalized spacial score (nSPS) is 16.3. The summed E-state index contributed by atoms with van der Waals surface area (Å²) in [4.78, 5) is 20.3. The van der Waals surface area contributed by atoms with Gasteiger partial charge in [-0.2, -0.15) is 4.98 Å². The Labute approximate surface area is 168 Å². The van der Waals surface area contributed by atoms with E-state index < -0.39 is 10.0 Å².